The van der Waals surface area contributed by atoms with E-state index in [1.807, 2.05) is 0 Å². The van der Waals surface area contributed by atoms with Crippen molar-refractivity contribution in [3.63, 3.8) is 0 Å². The molecule has 5 atom stereocenters. The number of fused-ring (bicyclic) bond motifs is 2. The summed E-state index contributed by atoms with van der Waals surface area (Å²) in [5.74, 6) is 0.168. The summed E-state index contributed by atoms with van der Waals surface area (Å²) >= 11 is 1.47. The fraction of sp³-hybridized carbons (Fsp3) is 0.824. The predicted molar refractivity (Wildman–Crippen MR) is 88.3 cm³/mol. The van der Waals surface area contributed by atoms with Crippen LogP contribution in [0.3, 0.4) is 0 Å². The Kier molecular flexibility index (Phi) is 6.50. The highest BCUT2D eigenvalue weighted by Crippen LogP contribution is 2.54. The number of esters is 1. The lowest BCUT2D eigenvalue weighted by atomic mass is 9.83. The molecule has 6 heteroatoms. The number of carbonyl (C=O) groups is 3. The lowest BCUT2D eigenvalue weighted by Gasteiger charge is -2.30. The molecule has 1 unspecified atom stereocenters. The van der Waals surface area contributed by atoms with Gasteiger partial charge in [-0.2, -0.15) is 0 Å². The first-order valence-electron chi connectivity index (χ1n) is 8.41. The molecular formula is C17H26O5S. The van der Waals surface area contributed by atoms with Gasteiger partial charge in [0.25, 0.3) is 0 Å². The van der Waals surface area contributed by atoms with E-state index in [9.17, 15) is 14.4 Å². The van der Waals surface area contributed by atoms with E-state index in [0.29, 0.717) is 37.5 Å². The first-order valence-corrected chi connectivity index (χ1v) is 9.36. The van der Waals surface area contributed by atoms with Gasteiger partial charge in [-0.1, -0.05) is 0 Å². The maximum Gasteiger partial charge on any atom is 0.316 e. The zero-order valence-corrected chi connectivity index (χ0v) is 14.6. The van der Waals surface area contributed by atoms with Crippen LogP contribution in [-0.4, -0.2) is 40.4 Å². The molecular weight excluding hydrogens is 316 g/mol. The number of ketones is 1. The third-order valence-corrected chi connectivity index (χ3v) is 6.81. The molecule has 2 bridgehead atoms. The van der Waals surface area contributed by atoms with E-state index in [1.165, 1.54) is 18.9 Å². The van der Waals surface area contributed by atoms with Crippen molar-refractivity contribution in [1.82, 2.24) is 0 Å². The molecule has 0 aromatic heterocycles. The Morgan fingerprint density at radius 1 is 1.17 bits per heavy atom. The SMILES string of the molecule is COC(=O)CCCCC(=O)[C@H]1[C@H]2CC[C@H](C2)[C@@H]1SC(C)C(=O)O. The molecule has 5 nitrogen and oxygen atoms in total. The van der Waals surface area contributed by atoms with Crippen LogP contribution < -0.4 is 0 Å². The lowest BCUT2D eigenvalue weighted by molar-refractivity contribution is -0.141. The molecule has 2 saturated carbocycles. The summed E-state index contributed by atoms with van der Waals surface area (Å²) in [5, 5.41) is 8.83. The molecule has 0 radical (unpaired) electrons. The number of carboxylic acids is 1. The average molecular weight is 342 g/mol. The van der Waals surface area contributed by atoms with Crippen molar-refractivity contribution in [3.05, 3.63) is 0 Å². The van der Waals surface area contributed by atoms with Gasteiger partial charge in [0.1, 0.15) is 5.78 Å². The quantitative estimate of drug-likeness (QED) is 0.512. The van der Waals surface area contributed by atoms with E-state index >= 15 is 0 Å². The number of carbonyl (C=O) groups excluding carboxylic acids is 2. The Labute approximate surface area is 141 Å². The Morgan fingerprint density at radius 3 is 2.48 bits per heavy atom. The number of hydrogen-bond acceptors (Lipinski definition) is 5. The molecule has 0 aliphatic heterocycles. The van der Waals surface area contributed by atoms with Gasteiger partial charge < -0.3 is 9.84 Å². The zero-order valence-electron chi connectivity index (χ0n) is 13.8. The molecule has 2 aliphatic carbocycles. The van der Waals surface area contributed by atoms with Crippen molar-refractivity contribution in [2.75, 3.05) is 7.11 Å². The second kappa shape index (κ2) is 8.18. The maximum absolute atomic E-state index is 12.6. The number of unbranched alkanes of at least 4 members (excludes halogenated alkanes) is 1. The minimum atomic E-state index is -0.804. The van der Waals surface area contributed by atoms with Gasteiger partial charge >= 0.3 is 11.9 Å². The molecule has 0 spiro atoms. The van der Waals surface area contributed by atoms with Gasteiger partial charge in [-0.05, 0) is 50.9 Å². The number of methoxy groups -OCH3 is 1. The van der Waals surface area contributed by atoms with E-state index in [2.05, 4.69) is 4.74 Å². The molecule has 0 heterocycles. The van der Waals surface area contributed by atoms with Crippen LogP contribution in [0.2, 0.25) is 0 Å². The van der Waals surface area contributed by atoms with E-state index in [4.69, 9.17) is 5.11 Å². The van der Waals surface area contributed by atoms with Crippen LogP contribution in [0.4, 0.5) is 0 Å². The predicted octanol–water partition coefficient (Wildman–Crippen LogP) is 2.91. The van der Waals surface area contributed by atoms with Crippen molar-refractivity contribution >= 4 is 29.5 Å². The Balaban J connectivity index is 1.86. The van der Waals surface area contributed by atoms with Crippen molar-refractivity contribution in [2.24, 2.45) is 17.8 Å². The lowest BCUT2D eigenvalue weighted by Crippen LogP contribution is -2.34. The fourth-order valence-corrected chi connectivity index (χ4v) is 5.61. The van der Waals surface area contributed by atoms with Gasteiger partial charge in [-0.3, -0.25) is 14.4 Å². The summed E-state index contributed by atoms with van der Waals surface area (Å²) in [4.78, 5) is 34.8. The number of ether oxygens (including phenoxy) is 1. The van der Waals surface area contributed by atoms with Crippen LogP contribution >= 0.6 is 11.8 Å². The van der Waals surface area contributed by atoms with Crippen LogP contribution in [-0.2, 0) is 19.1 Å². The summed E-state index contributed by atoms with van der Waals surface area (Å²) in [6.45, 7) is 1.71. The standard InChI is InChI=1S/C17H26O5S/c1-10(17(20)21)23-16-12-8-7-11(9-12)15(16)13(18)5-3-4-6-14(19)22-2/h10-12,15-16H,3-9H2,1-2H3,(H,20,21)/t10?,11-,12+,15+,16-/m0/s1. The molecule has 2 aliphatic rings. The van der Waals surface area contributed by atoms with Gasteiger partial charge in [0.05, 0.1) is 12.4 Å². The Bertz CT molecular complexity index is 464. The van der Waals surface area contributed by atoms with Crippen molar-refractivity contribution in [2.45, 2.75) is 62.4 Å². The van der Waals surface area contributed by atoms with Crippen LogP contribution in [0.15, 0.2) is 0 Å². The molecule has 0 aromatic rings. The molecule has 0 saturated heterocycles. The molecule has 130 valence electrons. The number of rotatable bonds is 9. The number of thioether (sulfide) groups is 1. The smallest absolute Gasteiger partial charge is 0.316 e. The maximum atomic E-state index is 12.6. The van der Waals surface area contributed by atoms with E-state index in [1.54, 1.807) is 6.92 Å². The summed E-state index contributed by atoms with van der Waals surface area (Å²) < 4.78 is 4.60. The Morgan fingerprint density at radius 2 is 1.83 bits per heavy atom. The summed E-state index contributed by atoms with van der Waals surface area (Å²) in [6, 6.07) is 0. The largest absolute Gasteiger partial charge is 0.480 e. The molecule has 2 rings (SSSR count). The third-order valence-electron chi connectivity index (χ3n) is 5.20. The van der Waals surface area contributed by atoms with Gasteiger partial charge in [-0.25, -0.2) is 0 Å². The normalized spacial score (nSPS) is 30.2. The number of hydrogen-bond donors (Lipinski definition) is 1. The van der Waals surface area contributed by atoms with E-state index < -0.39 is 11.2 Å². The van der Waals surface area contributed by atoms with Crippen LogP contribution in [0, 0.1) is 17.8 Å². The minimum Gasteiger partial charge on any atom is -0.480 e. The second-order valence-electron chi connectivity index (χ2n) is 6.69. The monoisotopic (exact) mass is 342 g/mol. The summed E-state index contributed by atoms with van der Waals surface area (Å²) in [5.41, 5.74) is 0. The molecule has 0 amide bonds. The first kappa shape index (κ1) is 18.3. The molecule has 23 heavy (non-hydrogen) atoms. The van der Waals surface area contributed by atoms with Crippen LogP contribution in [0.25, 0.3) is 0 Å². The zero-order chi connectivity index (χ0) is 17.0. The van der Waals surface area contributed by atoms with Gasteiger partial charge in [-0.15, -0.1) is 11.8 Å². The van der Waals surface area contributed by atoms with Gasteiger partial charge in [0, 0.05) is 24.0 Å². The average Bonchev–Trinajstić information content (AvgIpc) is 3.12. The third kappa shape index (κ3) is 4.49. The molecule has 0 aromatic carbocycles. The number of aliphatic carboxylic acids is 1. The van der Waals surface area contributed by atoms with E-state index in [-0.39, 0.29) is 22.9 Å². The van der Waals surface area contributed by atoms with Crippen molar-refractivity contribution in [1.29, 1.82) is 0 Å². The summed E-state index contributed by atoms with van der Waals surface area (Å²) in [7, 11) is 1.37. The fourth-order valence-electron chi connectivity index (χ4n) is 4.01. The topological polar surface area (TPSA) is 80.7 Å². The summed E-state index contributed by atoms with van der Waals surface area (Å²) in [6.07, 6.45) is 5.51. The van der Waals surface area contributed by atoms with Crippen molar-refractivity contribution < 1.29 is 24.2 Å². The van der Waals surface area contributed by atoms with Gasteiger partial charge in [0.2, 0.25) is 0 Å². The van der Waals surface area contributed by atoms with E-state index in [0.717, 1.165) is 19.3 Å². The van der Waals surface area contributed by atoms with Crippen LogP contribution in [0.1, 0.15) is 51.9 Å². The highest BCUT2D eigenvalue weighted by Gasteiger charge is 2.51. The van der Waals surface area contributed by atoms with Crippen molar-refractivity contribution in [3.8, 4) is 0 Å². The van der Waals surface area contributed by atoms with Crippen LogP contribution in [0.5, 0.6) is 0 Å². The number of carboxylic acid groups (broad SMARTS) is 1. The minimum absolute atomic E-state index is 0.0127. The highest BCUT2D eigenvalue weighted by molar-refractivity contribution is 8.01. The second-order valence-corrected chi connectivity index (χ2v) is 8.21. The highest BCUT2D eigenvalue weighted by atomic mass is 32.2. The Hall–Kier alpha value is -1.04. The number of Topliss-reactive ketones (excluding diaryl/α,β-unsaturated/α-hetero) is 1. The first-order chi connectivity index (χ1) is 10.9. The molecule has 2 fully saturated rings. The molecule has 1 N–H and O–H groups in total. The van der Waals surface area contributed by atoms with Gasteiger partial charge in [0.15, 0.2) is 0 Å².